The van der Waals surface area contributed by atoms with Crippen LogP contribution < -0.4 is 5.32 Å². The van der Waals surface area contributed by atoms with Crippen LogP contribution in [0.4, 0.5) is 4.79 Å². The zero-order chi connectivity index (χ0) is 7.70. The van der Waals surface area contributed by atoms with Crippen molar-refractivity contribution in [3.63, 3.8) is 0 Å². The molecule has 0 fully saturated rings. The molecule has 9 heavy (non-hydrogen) atoms. The lowest BCUT2D eigenvalue weighted by atomic mass is 10.5. The number of hydrogen-bond donors (Lipinski definition) is 2. The van der Waals surface area contributed by atoms with Crippen molar-refractivity contribution in [1.29, 1.82) is 0 Å². The van der Waals surface area contributed by atoms with E-state index in [1.807, 2.05) is 20.8 Å². The second kappa shape index (κ2) is 10.3. The van der Waals surface area contributed by atoms with Crippen LogP contribution in [0.3, 0.4) is 0 Å². The average molecular weight is 135 g/mol. The van der Waals surface area contributed by atoms with Gasteiger partial charge in [0.2, 0.25) is 0 Å². The summed E-state index contributed by atoms with van der Waals surface area (Å²) in [4.78, 5) is 9.65. The predicted molar refractivity (Wildman–Crippen MR) is 39.8 cm³/mol. The number of carbonyl (C=O) groups is 1. The Morgan fingerprint density at radius 3 is 2.22 bits per heavy atom. The van der Waals surface area contributed by atoms with E-state index in [-0.39, 0.29) is 1.43 Å². The summed E-state index contributed by atoms with van der Waals surface area (Å²) < 4.78 is 0. The van der Waals surface area contributed by atoms with Gasteiger partial charge in [0.1, 0.15) is 0 Å². The van der Waals surface area contributed by atoms with E-state index in [1.165, 1.54) is 0 Å². The molecule has 0 aromatic heterocycles. The quantitative estimate of drug-likeness (QED) is 0.607. The number of rotatable bonds is 2. The Balaban J connectivity index is -0.000000149. The molecule has 0 atom stereocenters. The summed E-state index contributed by atoms with van der Waals surface area (Å²) in [7, 11) is 0. The number of nitrogens with one attached hydrogen (secondary N) is 1. The van der Waals surface area contributed by atoms with Crippen LogP contribution in [0.1, 0.15) is 28.6 Å². The van der Waals surface area contributed by atoms with E-state index in [9.17, 15) is 4.79 Å². The normalized spacial score (nSPS) is 7.00. The Bertz CT molecular complexity index is 68.8. The van der Waals surface area contributed by atoms with Crippen molar-refractivity contribution < 1.29 is 11.3 Å². The molecular weight excluding hydrogens is 118 g/mol. The van der Waals surface area contributed by atoms with Gasteiger partial charge in [-0.2, -0.15) is 0 Å². The van der Waals surface area contributed by atoms with Crippen molar-refractivity contribution in [2.45, 2.75) is 27.2 Å². The van der Waals surface area contributed by atoms with Crippen LogP contribution in [0.2, 0.25) is 0 Å². The molecular formula is C6H17NO2. The van der Waals surface area contributed by atoms with Gasteiger partial charge in [0.25, 0.3) is 0 Å². The molecule has 58 valence electrons. The van der Waals surface area contributed by atoms with Gasteiger partial charge in [0.05, 0.1) is 0 Å². The molecule has 3 nitrogen and oxygen atoms in total. The molecule has 3 heteroatoms. The summed E-state index contributed by atoms with van der Waals surface area (Å²) in [5.74, 6) is 0. The Morgan fingerprint density at radius 2 is 2.11 bits per heavy atom. The molecule has 0 aromatic carbocycles. The van der Waals surface area contributed by atoms with Crippen molar-refractivity contribution in [3.05, 3.63) is 0 Å². The standard InChI is InChI=1S/C4H9NO2.C2H6.H2/c1-2-3-5-4(6)7;1-2;/h5H,2-3H2,1H3,(H,6,7);1-2H3;1H. The fourth-order valence-corrected chi connectivity index (χ4v) is 0.232. The molecule has 0 aliphatic heterocycles. The van der Waals surface area contributed by atoms with Gasteiger partial charge in [-0.1, -0.05) is 20.8 Å². The molecule has 0 unspecified atom stereocenters. The van der Waals surface area contributed by atoms with Gasteiger partial charge in [-0.25, -0.2) is 4.79 Å². The third-order valence-electron chi connectivity index (χ3n) is 0.526. The highest BCUT2D eigenvalue weighted by molar-refractivity contribution is 5.64. The second-order valence-electron chi connectivity index (χ2n) is 1.23. The SMILES string of the molecule is CC.CCCNC(=O)O.[HH]. The van der Waals surface area contributed by atoms with Crippen LogP contribution in [0, 0.1) is 0 Å². The second-order valence-corrected chi connectivity index (χ2v) is 1.23. The van der Waals surface area contributed by atoms with E-state index in [2.05, 4.69) is 5.32 Å². The molecule has 0 spiro atoms. The number of amides is 1. The Hall–Kier alpha value is -0.730. The van der Waals surface area contributed by atoms with Gasteiger partial charge >= 0.3 is 6.09 Å². The van der Waals surface area contributed by atoms with E-state index < -0.39 is 6.09 Å². The molecule has 1 amide bonds. The summed E-state index contributed by atoms with van der Waals surface area (Å²) in [5.41, 5.74) is 0. The van der Waals surface area contributed by atoms with Crippen LogP contribution in [0.15, 0.2) is 0 Å². The first-order valence-electron chi connectivity index (χ1n) is 3.24. The lowest BCUT2D eigenvalue weighted by Crippen LogP contribution is -2.20. The van der Waals surface area contributed by atoms with E-state index in [0.29, 0.717) is 6.54 Å². The maximum Gasteiger partial charge on any atom is 0.404 e. The van der Waals surface area contributed by atoms with Crippen molar-refractivity contribution in [3.8, 4) is 0 Å². The molecule has 0 saturated carbocycles. The van der Waals surface area contributed by atoms with Crippen molar-refractivity contribution in [2.75, 3.05) is 6.54 Å². The van der Waals surface area contributed by atoms with Crippen molar-refractivity contribution in [2.24, 2.45) is 0 Å². The average Bonchev–Trinajstić information content (AvgIpc) is 1.88. The fraction of sp³-hybridized carbons (Fsp3) is 0.833. The summed E-state index contributed by atoms with van der Waals surface area (Å²) in [6.45, 7) is 6.46. The maximum atomic E-state index is 9.65. The van der Waals surface area contributed by atoms with Gasteiger partial charge in [0, 0.05) is 7.97 Å². The van der Waals surface area contributed by atoms with Gasteiger partial charge in [-0.05, 0) is 6.42 Å². The first-order chi connectivity index (χ1) is 4.27. The highest BCUT2D eigenvalue weighted by atomic mass is 16.4. The minimum atomic E-state index is -0.943. The van der Waals surface area contributed by atoms with Gasteiger partial charge in [-0.15, -0.1) is 0 Å². The monoisotopic (exact) mass is 135 g/mol. The molecule has 0 aliphatic rings. The molecule has 0 aromatic rings. The zero-order valence-corrected chi connectivity index (χ0v) is 6.27. The van der Waals surface area contributed by atoms with Gasteiger partial charge < -0.3 is 10.4 Å². The first-order valence-corrected chi connectivity index (χ1v) is 3.24. The predicted octanol–water partition coefficient (Wildman–Crippen LogP) is 1.94. The minimum absolute atomic E-state index is 0. The van der Waals surface area contributed by atoms with Crippen LogP contribution in [-0.2, 0) is 0 Å². The highest BCUT2D eigenvalue weighted by Gasteiger charge is 1.86. The molecule has 0 radical (unpaired) electrons. The number of carboxylic acid groups (broad SMARTS) is 1. The molecule has 0 bridgehead atoms. The smallest absolute Gasteiger partial charge is 0.404 e. The lowest BCUT2D eigenvalue weighted by Gasteiger charge is -1.91. The first kappa shape index (κ1) is 11.1. The molecule has 2 N–H and O–H groups in total. The summed E-state index contributed by atoms with van der Waals surface area (Å²) in [6.07, 6.45) is -0.0893. The Kier molecular flexibility index (Phi) is 12.7. The number of hydrogen-bond acceptors (Lipinski definition) is 1. The molecule has 0 saturated heterocycles. The fourth-order valence-electron chi connectivity index (χ4n) is 0.232. The van der Waals surface area contributed by atoms with E-state index >= 15 is 0 Å². The maximum absolute atomic E-state index is 9.65. The van der Waals surface area contributed by atoms with Crippen LogP contribution in [-0.4, -0.2) is 17.7 Å². The largest absolute Gasteiger partial charge is 0.465 e. The van der Waals surface area contributed by atoms with Crippen molar-refractivity contribution >= 4 is 6.09 Å². The molecule has 0 rings (SSSR count). The molecule has 0 aliphatic carbocycles. The van der Waals surface area contributed by atoms with E-state index in [0.717, 1.165) is 6.42 Å². The Morgan fingerprint density at radius 1 is 1.67 bits per heavy atom. The van der Waals surface area contributed by atoms with Gasteiger partial charge in [-0.3, -0.25) is 0 Å². The zero-order valence-electron chi connectivity index (χ0n) is 6.27. The Labute approximate surface area is 57.6 Å². The van der Waals surface area contributed by atoms with Crippen LogP contribution in [0.5, 0.6) is 0 Å². The van der Waals surface area contributed by atoms with E-state index in [1.54, 1.807) is 0 Å². The molecule has 0 heterocycles. The van der Waals surface area contributed by atoms with Crippen LogP contribution >= 0.6 is 0 Å². The van der Waals surface area contributed by atoms with Crippen molar-refractivity contribution in [1.82, 2.24) is 5.32 Å². The van der Waals surface area contributed by atoms with E-state index in [4.69, 9.17) is 5.11 Å². The third kappa shape index (κ3) is 18.9. The topological polar surface area (TPSA) is 49.3 Å². The third-order valence-corrected chi connectivity index (χ3v) is 0.526. The summed E-state index contributed by atoms with van der Waals surface area (Å²) in [5, 5.41) is 10.1. The minimum Gasteiger partial charge on any atom is -0.465 e. The van der Waals surface area contributed by atoms with Crippen LogP contribution in [0.25, 0.3) is 0 Å². The summed E-state index contributed by atoms with van der Waals surface area (Å²) in [6, 6.07) is 0. The highest BCUT2D eigenvalue weighted by Crippen LogP contribution is 1.67. The van der Waals surface area contributed by atoms with Gasteiger partial charge in [0.15, 0.2) is 0 Å². The lowest BCUT2D eigenvalue weighted by molar-refractivity contribution is 0.194. The summed E-state index contributed by atoms with van der Waals surface area (Å²) >= 11 is 0.